The van der Waals surface area contributed by atoms with E-state index in [4.69, 9.17) is 0 Å². The zero-order valence-corrected chi connectivity index (χ0v) is 13.0. The average molecular weight is 321 g/mol. The molecule has 102 valence electrons. The molecule has 0 aromatic heterocycles. The zero-order chi connectivity index (χ0) is 13.9. The maximum Gasteiger partial charge on any atom is 0.156 e. The molecule has 0 aliphatic rings. The Balaban J connectivity index is 2.30. The van der Waals surface area contributed by atoms with Crippen molar-refractivity contribution in [1.29, 1.82) is 0 Å². The summed E-state index contributed by atoms with van der Waals surface area (Å²) in [6.45, 7) is 2.18. The van der Waals surface area contributed by atoms with Crippen LogP contribution in [-0.4, -0.2) is 5.78 Å². The minimum absolute atomic E-state index is 0.177. The van der Waals surface area contributed by atoms with Crippen molar-refractivity contribution in [3.63, 3.8) is 0 Å². The van der Waals surface area contributed by atoms with E-state index in [2.05, 4.69) is 28.9 Å². The summed E-state index contributed by atoms with van der Waals surface area (Å²) in [5, 5.41) is 0. The first kappa shape index (κ1) is 15.9. The van der Waals surface area contributed by atoms with Crippen LogP contribution in [0, 0.1) is 0 Å². The maximum atomic E-state index is 11.7. The van der Waals surface area contributed by atoms with E-state index >= 15 is 0 Å². The van der Waals surface area contributed by atoms with Gasteiger partial charge in [-0.3, -0.25) is 4.79 Å². The van der Waals surface area contributed by atoms with Crippen LogP contribution in [-0.2, 0) is 4.79 Å². The molecule has 1 rings (SSSR count). The molecule has 0 aliphatic heterocycles. The number of halogens is 1. The Kier molecular flexibility index (Phi) is 8.15. The number of carbonyl (C=O) groups excluding carboxylic acids is 1. The molecule has 2 heteroatoms. The second kappa shape index (κ2) is 9.74. The second-order valence-corrected chi connectivity index (χ2v) is 5.52. The predicted molar refractivity (Wildman–Crippen MR) is 86.3 cm³/mol. The van der Waals surface area contributed by atoms with E-state index in [0.717, 1.165) is 18.4 Å². The number of unbranched alkanes of at least 4 members (excludes halogenated alkanes) is 1. The second-order valence-electron chi connectivity index (χ2n) is 4.50. The molecule has 1 aromatic rings. The van der Waals surface area contributed by atoms with Gasteiger partial charge in [0.05, 0.1) is 0 Å². The van der Waals surface area contributed by atoms with Crippen LogP contribution >= 0.6 is 15.9 Å². The van der Waals surface area contributed by atoms with Crippen LogP contribution in [0.25, 0.3) is 6.08 Å². The van der Waals surface area contributed by atoms with Gasteiger partial charge in [-0.1, -0.05) is 71.8 Å². The van der Waals surface area contributed by atoms with E-state index in [1.54, 1.807) is 6.08 Å². The van der Waals surface area contributed by atoms with Gasteiger partial charge in [-0.2, -0.15) is 0 Å². The lowest BCUT2D eigenvalue weighted by molar-refractivity contribution is -0.114. The highest BCUT2D eigenvalue weighted by atomic mass is 79.9. The molecule has 1 nitrogen and oxygen atoms in total. The minimum Gasteiger partial charge on any atom is -0.295 e. The highest BCUT2D eigenvalue weighted by molar-refractivity contribution is 9.11. The Hall–Kier alpha value is -1.15. The molecule has 0 saturated heterocycles. The Morgan fingerprint density at radius 1 is 1.21 bits per heavy atom. The number of hydrogen-bond donors (Lipinski definition) is 0. The molecule has 0 heterocycles. The molecular formula is C17H21BrO. The molecule has 0 atom stereocenters. The molecule has 0 saturated carbocycles. The lowest BCUT2D eigenvalue weighted by Gasteiger charge is -1.97. The monoisotopic (exact) mass is 320 g/mol. The van der Waals surface area contributed by atoms with Gasteiger partial charge >= 0.3 is 0 Å². The number of ketones is 1. The summed E-state index contributed by atoms with van der Waals surface area (Å²) in [6.07, 6.45) is 10.5. The molecule has 19 heavy (non-hydrogen) atoms. The van der Waals surface area contributed by atoms with Crippen LogP contribution in [0.1, 0.15) is 44.6 Å². The van der Waals surface area contributed by atoms with E-state index in [1.807, 2.05) is 36.4 Å². The van der Waals surface area contributed by atoms with E-state index in [9.17, 15) is 4.79 Å². The fraction of sp³-hybridized carbons (Fsp3) is 0.353. The van der Waals surface area contributed by atoms with Gasteiger partial charge in [-0.25, -0.2) is 0 Å². The van der Waals surface area contributed by atoms with Gasteiger partial charge in [0.2, 0.25) is 0 Å². The van der Waals surface area contributed by atoms with Crippen LogP contribution in [0.4, 0.5) is 0 Å². The highest BCUT2D eigenvalue weighted by Gasteiger charge is 1.96. The Morgan fingerprint density at radius 2 is 1.95 bits per heavy atom. The van der Waals surface area contributed by atoms with Crippen molar-refractivity contribution < 1.29 is 4.79 Å². The number of hydrogen-bond acceptors (Lipinski definition) is 1. The van der Waals surface area contributed by atoms with Crippen molar-refractivity contribution in [2.45, 2.75) is 39.0 Å². The molecule has 0 aliphatic carbocycles. The van der Waals surface area contributed by atoms with Gasteiger partial charge < -0.3 is 0 Å². The molecule has 0 amide bonds. The third-order valence-electron chi connectivity index (χ3n) is 2.79. The molecule has 0 fully saturated rings. The summed E-state index contributed by atoms with van der Waals surface area (Å²) in [5.74, 6) is 0.177. The fourth-order valence-electron chi connectivity index (χ4n) is 1.66. The lowest BCUT2D eigenvalue weighted by Crippen LogP contribution is -1.90. The summed E-state index contributed by atoms with van der Waals surface area (Å²) in [6, 6.07) is 9.89. The first-order valence-corrected chi connectivity index (χ1v) is 7.62. The third kappa shape index (κ3) is 7.78. The summed E-state index contributed by atoms with van der Waals surface area (Å²) in [7, 11) is 0. The molecule has 0 bridgehead atoms. The number of allylic oxidation sites excluding steroid dienone is 3. The summed E-state index contributed by atoms with van der Waals surface area (Å²) >= 11 is 3.54. The normalized spacial score (nSPS) is 12.0. The largest absolute Gasteiger partial charge is 0.295 e. The Bertz CT molecular complexity index is 432. The van der Waals surface area contributed by atoms with Crippen LogP contribution in [0.2, 0.25) is 0 Å². The summed E-state index contributed by atoms with van der Waals surface area (Å²) in [4.78, 5) is 11.7. The number of rotatable bonds is 8. The smallest absolute Gasteiger partial charge is 0.156 e. The summed E-state index contributed by atoms with van der Waals surface area (Å²) in [5.41, 5.74) is 1.07. The van der Waals surface area contributed by atoms with E-state index < -0.39 is 0 Å². The topological polar surface area (TPSA) is 17.1 Å². The predicted octanol–water partition coefficient (Wildman–Crippen LogP) is 5.52. The first-order chi connectivity index (χ1) is 9.22. The maximum absolute atomic E-state index is 11.7. The first-order valence-electron chi connectivity index (χ1n) is 6.83. The Labute approximate surface area is 124 Å². The summed E-state index contributed by atoms with van der Waals surface area (Å²) < 4.78 is 1.22. The van der Waals surface area contributed by atoms with Crippen molar-refractivity contribution in [3.05, 3.63) is 52.5 Å². The van der Waals surface area contributed by atoms with Gasteiger partial charge in [0.25, 0.3) is 0 Å². The van der Waals surface area contributed by atoms with Crippen molar-refractivity contribution in [2.75, 3.05) is 0 Å². The quantitative estimate of drug-likeness (QED) is 0.576. The van der Waals surface area contributed by atoms with E-state index in [0.29, 0.717) is 6.42 Å². The third-order valence-corrected chi connectivity index (χ3v) is 3.51. The van der Waals surface area contributed by atoms with Gasteiger partial charge in [0.15, 0.2) is 5.78 Å². The van der Waals surface area contributed by atoms with Gasteiger partial charge in [-0.05, 0) is 35.4 Å². The Morgan fingerprint density at radius 3 is 2.63 bits per heavy atom. The van der Waals surface area contributed by atoms with Crippen LogP contribution in [0.5, 0.6) is 0 Å². The zero-order valence-electron chi connectivity index (χ0n) is 11.4. The van der Waals surface area contributed by atoms with Gasteiger partial charge in [0.1, 0.15) is 0 Å². The van der Waals surface area contributed by atoms with Gasteiger partial charge in [0, 0.05) is 6.42 Å². The standard InChI is InChI=1S/C17H21BrO/c1-2-3-10-16(18)11-7-12-17(19)14-13-15-8-5-4-6-9-15/h4-6,8-9,11,13-14H,2-3,7,10,12H2,1H3/b14-13+,16-11-. The van der Waals surface area contributed by atoms with Crippen molar-refractivity contribution in [3.8, 4) is 0 Å². The minimum atomic E-state index is 0.177. The average Bonchev–Trinajstić information content (AvgIpc) is 2.44. The van der Waals surface area contributed by atoms with Crippen molar-refractivity contribution >= 4 is 27.8 Å². The molecule has 0 radical (unpaired) electrons. The van der Waals surface area contributed by atoms with Gasteiger partial charge in [-0.15, -0.1) is 0 Å². The molecule has 0 spiro atoms. The lowest BCUT2D eigenvalue weighted by atomic mass is 10.1. The highest BCUT2D eigenvalue weighted by Crippen LogP contribution is 2.15. The SMILES string of the molecule is CCCC/C(Br)=C/CCC(=O)/C=C/c1ccccc1. The van der Waals surface area contributed by atoms with Crippen molar-refractivity contribution in [2.24, 2.45) is 0 Å². The molecule has 0 unspecified atom stereocenters. The van der Waals surface area contributed by atoms with Crippen LogP contribution in [0.15, 0.2) is 47.0 Å². The number of carbonyl (C=O) groups is 1. The molecular weight excluding hydrogens is 300 g/mol. The van der Waals surface area contributed by atoms with Crippen molar-refractivity contribution in [1.82, 2.24) is 0 Å². The van der Waals surface area contributed by atoms with Crippen LogP contribution < -0.4 is 0 Å². The van der Waals surface area contributed by atoms with E-state index in [-0.39, 0.29) is 5.78 Å². The number of benzene rings is 1. The molecule has 0 N–H and O–H groups in total. The van der Waals surface area contributed by atoms with Crippen LogP contribution in [0.3, 0.4) is 0 Å². The van der Waals surface area contributed by atoms with E-state index in [1.165, 1.54) is 17.3 Å². The fourth-order valence-corrected chi connectivity index (χ4v) is 2.16. The molecule has 1 aromatic carbocycles.